The van der Waals surface area contributed by atoms with Crippen LogP contribution in [0.2, 0.25) is 5.02 Å². The number of nitrogens with one attached hydrogen (secondary N) is 1. The van der Waals surface area contributed by atoms with Gasteiger partial charge < -0.3 is 14.6 Å². The second-order valence-corrected chi connectivity index (χ2v) is 4.86. The van der Waals surface area contributed by atoms with Crippen molar-refractivity contribution in [1.82, 2.24) is 14.9 Å². The van der Waals surface area contributed by atoms with Gasteiger partial charge in [0.1, 0.15) is 5.82 Å². The number of hydrogen-bond donors (Lipinski definition) is 1. The van der Waals surface area contributed by atoms with Crippen LogP contribution in [0.5, 0.6) is 0 Å². The second-order valence-electron chi connectivity index (χ2n) is 4.46. The molecular formula is C14H17ClFN3O. The van der Waals surface area contributed by atoms with Gasteiger partial charge in [-0.05, 0) is 17.7 Å². The van der Waals surface area contributed by atoms with Crippen molar-refractivity contribution in [2.24, 2.45) is 0 Å². The zero-order valence-electron chi connectivity index (χ0n) is 11.3. The monoisotopic (exact) mass is 297 g/mol. The fraction of sp³-hybridized carbons (Fsp3) is 0.357. The van der Waals surface area contributed by atoms with Crippen LogP contribution in [0.3, 0.4) is 0 Å². The van der Waals surface area contributed by atoms with E-state index in [9.17, 15) is 4.39 Å². The highest BCUT2D eigenvalue weighted by molar-refractivity contribution is 6.30. The van der Waals surface area contributed by atoms with E-state index in [0.717, 1.165) is 17.8 Å². The lowest BCUT2D eigenvalue weighted by atomic mass is 10.2. The van der Waals surface area contributed by atoms with E-state index >= 15 is 0 Å². The summed E-state index contributed by atoms with van der Waals surface area (Å²) in [6.45, 7) is 2.71. The Morgan fingerprint density at radius 2 is 2.30 bits per heavy atom. The third-order valence-electron chi connectivity index (χ3n) is 2.82. The molecule has 1 aromatic carbocycles. The van der Waals surface area contributed by atoms with Gasteiger partial charge >= 0.3 is 0 Å². The van der Waals surface area contributed by atoms with Gasteiger partial charge in [-0.1, -0.05) is 17.7 Å². The van der Waals surface area contributed by atoms with Crippen molar-refractivity contribution in [3.63, 3.8) is 0 Å². The van der Waals surface area contributed by atoms with E-state index in [-0.39, 0.29) is 5.02 Å². The molecule has 0 atom stereocenters. The maximum absolute atomic E-state index is 13.3. The quantitative estimate of drug-likeness (QED) is 0.798. The molecule has 1 aromatic heterocycles. The number of halogens is 2. The standard InChI is InChI=1S/C14H17ClFN3O/c1-20-5-4-17-7-12-9-19(10-18-12)8-11-2-3-13(15)14(16)6-11/h2-3,6,9-10,17H,4-5,7-8H2,1H3. The minimum Gasteiger partial charge on any atom is -0.383 e. The molecule has 2 rings (SSSR count). The Bertz CT molecular complexity index is 559. The first-order chi connectivity index (χ1) is 9.69. The zero-order chi connectivity index (χ0) is 14.4. The van der Waals surface area contributed by atoms with Gasteiger partial charge in [-0.15, -0.1) is 0 Å². The van der Waals surface area contributed by atoms with Crippen molar-refractivity contribution in [1.29, 1.82) is 0 Å². The van der Waals surface area contributed by atoms with Crippen LogP contribution in [-0.4, -0.2) is 29.8 Å². The first-order valence-corrected chi connectivity index (χ1v) is 6.71. The summed E-state index contributed by atoms with van der Waals surface area (Å²) >= 11 is 5.66. The molecule has 4 nitrogen and oxygen atoms in total. The molecule has 0 spiro atoms. The number of methoxy groups -OCH3 is 1. The van der Waals surface area contributed by atoms with Gasteiger partial charge in [-0.25, -0.2) is 9.37 Å². The van der Waals surface area contributed by atoms with Crippen LogP contribution in [0.1, 0.15) is 11.3 Å². The largest absolute Gasteiger partial charge is 0.383 e. The molecule has 1 N–H and O–H groups in total. The maximum atomic E-state index is 13.3. The van der Waals surface area contributed by atoms with Crippen LogP contribution < -0.4 is 5.32 Å². The Labute approximate surface area is 122 Å². The first kappa shape index (κ1) is 15.0. The molecule has 0 bridgehead atoms. The van der Waals surface area contributed by atoms with Crippen molar-refractivity contribution in [2.75, 3.05) is 20.3 Å². The van der Waals surface area contributed by atoms with Crippen LogP contribution in [0, 0.1) is 5.82 Å². The third kappa shape index (κ3) is 4.30. The lowest BCUT2D eigenvalue weighted by molar-refractivity contribution is 0.199. The summed E-state index contributed by atoms with van der Waals surface area (Å²) in [7, 11) is 1.67. The normalized spacial score (nSPS) is 10.9. The van der Waals surface area contributed by atoms with E-state index in [1.807, 2.05) is 16.8 Å². The molecule has 1 heterocycles. The minimum atomic E-state index is -0.397. The topological polar surface area (TPSA) is 39.1 Å². The minimum absolute atomic E-state index is 0.141. The van der Waals surface area contributed by atoms with E-state index in [1.165, 1.54) is 6.07 Å². The van der Waals surface area contributed by atoms with Gasteiger partial charge in [0.05, 0.1) is 23.7 Å². The molecule has 6 heteroatoms. The molecule has 2 aromatic rings. The number of rotatable bonds is 7. The number of hydrogen-bond acceptors (Lipinski definition) is 3. The van der Waals surface area contributed by atoms with Crippen molar-refractivity contribution in [3.8, 4) is 0 Å². The molecule has 0 fully saturated rings. The van der Waals surface area contributed by atoms with Crippen LogP contribution >= 0.6 is 11.6 Å². The molecule has 0 amide bonds. The van der Waals surface area contributed by atoms with Crippen LogP contribution in [0.4, 0.5) is 4.39 Å². The van der Waals surface area contributed by atoms with Crippen molar-refractivity contribution >= 4 is 11.6 Å². The SMILES string of the molecule is COCCNCc1cn(Cc2ccc(Cl)c(F)c2)cn1. The van der Waals surface area contributed by atoms with Gasteiger partial charge in [0.25, 0.3) is 0 Å². The fourth-order valence-corrected chi connectivity index (χ4v) is 1.94. The molecule has 108 valence electrons. The number of aromatic nitrogens is 2. The Morgan fingerprint density at radius 1 is 1.45 bits per heavy atom. The average molecular weight is 298 g/mol. The number of ether oxygens (including phenoxy) is 1. The van der Waals surface area contributed by atoms with E-state index in [2.05, 4.69) is 10.3 Å². The summed E-state index contributed by atoms with van der Waals surface area (Å²) in [6.07, 6.45) is 3.67. The molecule has 0 unspecified atom stereocenters. The molecule has 0 radical (unpaired) electrons. The summed E-state index contributed by atoms with van der Waals surface area (Å²) in [5.74, 6) is -0.397. The van der Waals surface area contributed by atoms with Gasteiger partial charge in [0, 0.05) is 32.9 Å². The predicted octanol–water partition coefficient (Wildman–Crippen LogP) is 2.46. The van der Waals surface area contributed by atoms with Gasteiger partial charge in [-0.2, -0.15) is 0 Å². The maximum Gasteiger partial charge on any atom is 0.142 e. The summed E-state index contributed by atoms with van der Waals surface area (Å²) in [4.78, 5) is 4.29. The van der Waals surface area contributed by atoms with Crippen LogP contribution in [0.25, 0.3) is 0 Å². The van der Waals surface area contributed by atoms with Crippen molar-refractivity contribution in [3.05, 3.63) is 52.8 Å². The summed E-state index contributed by atoms with van der Waals surface area (Å²) in [6, 6.07) is 4.82. The lowest BCUT2D eigenvalue weighted by Gasteiger charge is -2.03. The van der Waals surface area contributed by atoms with Gasteiger partial charge in [-0.3, -0.25) is 0 Å². The Kier molecular flexibility index (Phi) is 5.52. The van der Waals surface area contributed by atoms with Crippen LogP contribution in [0.15, 0.2) is 30.7 Å². The molecule has 0 saturated carbocycles. The fourth-order valence-electron chi connectivity index (χ4n) is 1.82. The molecule has 0 aliphatic rings. The lowest BCUT2D eigenvalue weighted by Crippen LogP contribution is -2.18. The molecule has 0 aliphatic heterocycles. The highest BCUT2D eigenvalue weighted by atomic mass is 35.5. The summed E-state index contributed by atoms with van der Waals surface area (Å²) in [5.41, 5.74) is 1.79. The van der Waals surface area contributed by atoms with Crippen molar-refractivity contribution in [2.45, 2.75) is 13.1 Å². The number of imidazole rings is 1. The molecule has 20 heavy (non-hydrogen) atoms. The van der Waals surface area contributed by atoms with Gasteiger partial charge in [0.15, 0.2) is 0 Å². The molecular weight excluding hydrogens is 281 g/mol. The predicted molar refractivity (Wildman–Crippen MR) is 76.3 cm³/mol. The summed E-state index contributed by atoms with van der Waals surface area (Å²) in [5, 5.41) is 3.36. The first-order valence-electron chi connectivity index (χ1n) is 6.33. The molecule has 0 aliphatic carbocycles. The van der Waals surface area contributed by atoms with Crippen molar-refractivity contribution < 1.29 is 9.13 Å². The van der Waals surface area contributed by atoms with E-state index in [0.29, 0.717) is 19.7 Å². The Hall–Kier alpha value is -1.43. The highest BCUT2D eigenvalue weighted by Crippen LogP contribution is 2.16. The average Bonchev–Trinajstić information content (AvgIpc) is 2.87. The smallest absolute Gasteiger partial charge is 0.142 e. The Morgan fingerprint density at radius 3 is 3.05 bits per heavy atom. The van der Waals surface area contributed by atoms with Crippen LogP contribution in [-0.2, 0) is 17.8 Å². The van der Waals surface area contributed by atoms with E-state index in [4.69, 9.17) is 16.3 Å². The number of nitrogens with zero attached hydrogens (tertiary/aromatic N) is 2. The third-order valence-corrected chi connectivity index (χ3v) is 3.13. The second kappa shape index (κ2) is 7.38. The highest BCUT2D eigenvalue weighted by Gasteiger charge is 2.03. The van der Waals surface area contributed by atoms with Gasteiger partial charge in [0.2, 0.25) is 0 Å². The number of benzene rings is 1. The van der Waals surface area contributed by atoms with E-state index in [1.54, 1.807) is 19.5 Å². The molecule has 0 saturated heterocycles. The Balaban J connectivity index is 1.90. The zero-order valence-corrected chi connectivity index (χ0v) is 12.0. The van der Waals surface area contributed by atoms with E-state index < -0.39 is 5.82 Å². The summed E-state index contributed by atoms with van der Waals surface area (Å²) < 4.78 is 20.2.